The van der Waals surface area contributed by atoms with E-state index in [-0.39, 0.29) is 28.9 Å². The van der Waals surface area contributed by atoms with E-state index in [4.69, 9.17) is 10.00 Å². The van der Waals surface area contributed by atoms with Crippen LogP contribution in [0.5, 0.6) is 11.5 Å². The average molecular weight is 447 g/mol. The molecule has 3 rings (SSSR count). The molecule has 2 aromatic heterocycles. The quantitative estimate of drug-likeness (QED) is 0.394. The van der Waals surface area contributed by atoms with Crippen molar-refractivity contribution in [3.63, 3.8) is 0 Å². The number of aromatic nitrogens is 3. The van der Waals surface area contributed by atoms with Crippen LogP contribution in [0.1, 0.15) is 11.3 Å². The van der Waals surface area contributed by atoms with E-state index in [1.807, 2.05) is 6.07 Å². The molecule has 0 spiro atoms. The molecule has 11 nitrogen and oxygen atoms in total. The minimum absolute atomic E-state index is 0.0221. The van der Waals surface area contributed by atoms with Gasteiger partial charge >= 0.3 is 0 Å². The molecule has 0 saturated carbocycles. The number of fused-ring (bicyclic) bond motifs is 1. The number of amides is 1. The predicted octanol–water partition coefficient (Wildman–Crippen LogP) is 1.08. The zero-order chi connectivity index (χ0) is 21.9. The van der Waals surface area contributed by atoms with Crippen molar-refractivity contribution >= 4 is 42.2 Å². The van der Waals surface area contributed by atoms with Gasteiger partial charge in [-0.05, 0) is 19.1 Å². The summed E-state index contributed by atoms with van der Waals surface area (Å²) in [7, 11) is -3.98. The zero-order valence-electron chi connectivity index (χ0n) is 15.7. The van der Waals surface area contributed by atoms with E-state index in [2.05, 4.69) is 24.8 Å². The first-order chi connectivity index (χ1) is 14.2. The molecule has 156 valence electrons. The number of nitrogens with one attached hydrogen (secondary N) is 2. The fourth-order valence-corrected chi connectivity index (χ4v) is 3.60. The lowest BCUT2D eigenvalue weighted by Gasteiger charge is -2.29. The normalized spacial score (nSPS) is 11.2. The minimum Gasteiger partial charge on any atom is -0.780 e. The largest absolute Gasteiger partial charge is 0.780 e. The average Bonchev–Trinajstić information content (AvgIpc) is 3.11. The number of hydrogen-bond acceptors (Lipinski definition) is 10. The summed E-state index contributed by atoms with van der Waals surface area (Å²) in [5.41, 5.74) is 2.52. The third kappa shape index (κ3) is 5.08. The molecule has 2 heterocycles. The summed E-state index contributed by atoms with van der Waals surface area (Å²) in [6.45, 7) is 1.75. The number of ether oxygens (including phenoxy) is 1. The molecule has 0 atom stereocenters. The molecule has 0 bridgehead atoms. The van der Waals surface area contributed by atoms with Crippen LogP contribution >= 0.6 is 19.6 Å². The standard InChI is InChI=1S/C17H16N5O6PS/c1-9-11(6-18)19-7-12-16(9)22-17(21-12)30-8-15(23)20-10-3-4-13(14(5-10)27-2)28-29(24,25)26/h3-5,7H,8H2,1-2H3,(H,20,23)(H,21,22)(H2,24,25,26)/p-2. The third-order valence-electron chi connectivity index (χ3n) is 3.85. The highest BCUT2D eigenvalue weighted by atomic mass is 32.2. The second-order valence-electron chi connectivity index (χ2n) is 5.89. The number of nitriles is 1. The lowest BCUT2D eigenvalue weighted by atomic mass is 10.2. The summed E-state index contributed by atoms with van der Waals surface area (Å²) in [6, 6.07) is 5.89. The van der Waals surface area contributed by atoms with E-state index in [9.17, 15) is 19.1 Å². The van der Waals surface area contributed by atoms with Crippen LogP contribution in [0.3, 0.4) is 0 Å². The zero-order valence-corrected chi connectivity index (χ0v) is 17.4. The Labute approximate surface area is 174 Å². The summed E-state index contributed by atoms with van der Waals surface area (Å²) in [5.74, 6) is -0.641. The maximum Gasteiger partial charge on any atom is 0.234 e. The molecule has 3 aromatic rings. The molecule has 0 radical (unpaired) electrons. The summed E-state index contributed by atoms with van der Waals surface area (Å²) in [6.07, 6.45) is 1.51. The number of hydrogen-bond donors (Lipinski definition) is 2. The Morgan fingerprint density at radius 3 is 2.83 bits per heavy atom. The lowest BCUT2D eigenvalue weighted by molar-refractivity contribution is -0.333. The predicted molar refractivity (Wildman–Crippen MR) is 104 cm³/mol. The van der Waals surface area contributed by atoms with Crippen LogP contribution in [0, 0.1) is 18.3 Å². The van der Waals surface area contributed by atoms with Crippen molar-refractivity contribution in [2.45, 2.75) is 12.1 Å². The van der Waals surface area contributed by atoms with Gasteiger partial charge in [-0.25, -0.2) is 9.97 Å². The number of methoxy groups -OCH3 is 1. The van der Waals surface area contributed by atoms with Crippen LogP contribution in [0.2, 0.25) is 0 Å². The van der Waals surface area contributed by atoms with Gasteiger partial charge in [0.2, 0.25) is 5.91 Å². The third-order valence-corrected chi connectivity index (χ3v) is 5.14. The Hall–Kier alpha value is -3.10. The van der Waals surface area contributed by atoms with Gasteiger partial charge in [-0.1, -0.05) is 11.8 Å². The van der Waals surface area contributed by atoms with Gasteiger partial charge in [0.15, 0.2) is 16.7 Å². The number of aromatic amines is 1. The Balaban J connectivity index is 1.66. The number of nitrogens with zero attached hydrogens (tertiary/aromatic N) is 3. The number of phosphoric acid groups is 1. The fraction of sp³-hybridized carbons (Fsp3) is 0.176. The van der Waals surface area contributed by atoms with Crippen molar-refractivity contribution in [3.05, 3.63) is 35.7 Å². The van der Waals surface area contributed by atoms with Gasteiger partial charge in [0.1, 0.15) is 19.6 Å². The van der Waals surface area contributed by atoms with E-state index in [0.29, 0.717) is 27.4 Å². The number of benzene rings is 1. The van der Waals surface area contributed by atoms with Crippen molar-refractivity contribution < 1.29 is 28.4 Å². The van der Waals surface area contributed by atoms with Crippen LogP contribution in [-0.2, 0) is 9.36 Å². The molecular formula is C17H14N5O6PS-2. The van der Waals surface area contributed by atoms with Crippen molar-refractivity contribution in [2.75, 3.05) is 18.2 Å². The highest BCUT2D eigenvalue weighted by Gasteiger charge is 2.13. The van der Waals surface area contributed by atoms with E-state index in [1.54, 1.807) is 6.92 Å². The fourth-order valence-electron chi connectivity index (χ4n) is 2.53. The number of H-pyrrole nitrogens is 1. The summed E-state index contributed by atoms with van der Waals surface area (Å²) in [5, 5.41) is 12.2. The molecule has 13 heteroatoms. The number of imidazole rings is 1. The van der Waals surface area contributed by atoms with Crippen molar-refractivity contribution in [1.29, 1.82) is 5.26 Å². The molecule has 1 amide bonds. The van der Waals surface area contributed by atoms with Crippen LogP contribution in [-0.4, -0.2) is 33.7 Å². The number of pyridine rings is 1. The highest BCUT2D eigenvalue weighted by Crippen LogP contribution is 2.37. The molecule has 2 N–H and O–H groups in total. The van der Waals surface area contributed by atoms with Crippen molar-refractivity contribution in [3.8, 4) is 17.6 Å². The van der Waals surface area contributed by atoms with Gasteiger partial charge in [-0.15, -0.1) is 0 Å². The second-order valence-corrected chi connectivity index (χ2v) is 7.93. The molecule has 1 aromatic carbocycles. The Morgan fingerprint density at radius 1 is 1.40 bits per heavy atom. The van der Waals surface area contributed by atoms with Gasteiger partial charge < -0.3 is 33.9 Å². The van der Waals surface area contributed by atoms with Crippen LogP contribution in [0.15, 0.2) is 29.6 Å². The number of carbonyl (C=O) groups is 1. The van der Waals surface area contributed by atoms with Gasteiger partial charge in [-0.3, -0.25) is 4.79 Å². The Kier molecular flexibility index (Phi) is 6.28. The molecular weight excluding hydrogens is 433 g/mol. The molecule has 0 aliphatic carbocycles. The Bertz CT molecular complexity index is 1200. The van der Waals surface area contributed by atoms with Gasteiger partial charge in [0, 0.05) is 17.3 Å². The SMILES string of the molecule is COc1cc(NC(=O)CSc2nc3c(C)c(C#N)ncc3[nH]2)ccc1OP(=O)([O-])[O-]. The minimum atomic E-state index is -5.24. The van der Waals surface area contributed by atoms with Gasteiger partial charge in [0.05, 0.1) is 30.1 Å². The molecule has 0 aliphatic rings. The number of thioether (sulfide) groups is 1. The smallest absolute Gasteiger partial charge is 0.234 e. The lowest BCUT2D eigenvalue weighted by Crippen LogP contribution is -2.19. The number of aryl methyl sites for hydroxylation is 1. The number of rotatable bonds is 7. The molecule has 0 aliphatic heterocycles. The van der Waals surface area contributed by atoms with E-state index in [1.165, 1.54) is 31.5 Å². The second kappa shape index (κ2) is 8.73. The Morgan fingerprint density at radius 2 is 2.17 bits per heavy atom. The maximum absolute atomic E-state index is 12.2. The number of carbonyl (C=O) groups excluding carboxylic acids is 1. The first-order valence-electron chi connectivity index (χ1n) is 8.28. The molecule has 30 heavy (non-hydrogen) atoms. The van der Waals surface area contributed by atoms with E-state index < -0.39 is 7.82 Å². The molecule has 0 unspecified atom stereocenters. The molecule has 0 saturated heterocycles. The van der Waals surface area contributed by atoms with Crippen LogP contribution < -0.4 is 24.4 Å². The van der Waals surface area contributed by atoms with Crippen molar-refractivity contribution in [1.82, 2.24) is 15.0 Å². The van der Waals surface area contributed by atoms with Crippen LogP contribution in [0.4, 0.5) is 5.69 Å². The highest BCUT2D eigenvalue weighted by molar-refractivity contribution is 7.99. The monoisotopic (exact) mass is 447 g/mol. The maximum atomic E-state index is 12.2. The van der Waals surface area contributed by atoms with Gasteiger partial charge in [0.25, 0.3) is 0 Å². The summed E-state index contributed by atoms with van der Waals surface area (Å²) >= 11 is 1.15. The topological polar surface area (TPSA) is 176 Å². The first kappa shape index (κ1) is 21.6. The van der Waals surface area contributed by atoms with E-state index >= 15 is 0 Å². The molecule has 0 fully saturated rings. The van der Waals surface area contributed by atoms with E-state index in [0.717, 1.165) is 11.8 Å². The summed E-state index contributed by atoms with van der Waals surface area (Å²) < 4.78 is 20.1. The summed E-state index contributed by atoms with van der Waals surface area (Å²) in [4.78, 5) is 45.2. The number of anilines is 1. The van der Waals surface area contributed by atoms with Crippen LogP contribution in [0.25, 0.3) is 11.0 Å². The van der Waals surface area contributed by atoms with Gasteiger partial charge in [-0.2, -0.15) is 5.26 Å². The number of phosphoric ester groups is 1. The van der Waals surface area contributed by atoms with Crippen molar-refractivity contribution in [2.24, 2.45) is 0 Å². The first-order valence-corrected chi connectivity index (χ1v) is 10.7.